The molecule has 2 nitrogen and oxygen atoms in total. The highest BCUT2D eigenvalue weighted by atomic mass is 15.2. The molecular formula is C13H26N2. The van der Waals surface area contributed by atoms with Gasteiger partial charge in [-0.2, -0.15) is 0 Å². The van der Waals surface area contributed by atoms with Gasteiger partial charge in [0.25, 0.3) is 0 Å². The Morgan fingerprint density at radius 3 is 2.67 bits per heavy atom. The Morgan fingerprint density at radius 2 is 2.00 bits per heavy atom. The largest absolute Gasteiger partial charge is 0.309 e. The van der Waals surface area contributed by atoms with Gasteiger partial charge in [0.1, 0.15) is 0 Å². The van der Waals surface area contributed by atoms with E-state index in [0.717, 1.165) is 5.92 Å². The predicted octanol–water partition coefficient (Wildman–Crippen LogP) is 2.25. The normalized spacial score (nSPS) is 26.6. The number of rotatable bonds is 3. The minimum Gasteiger partial charge on any atom is -0.309 e. The van der Waals surface area contributed by atoms with Crippen molar-refractivity contribution in [3.63, 3.8) is 0 Å². The summed E-state index contributed by atoms with van der Waals surface area (Å²) in [4.78, 5) is 2.68. The van der Waals surface area contributed by atoms with Crippen LogP contribution in [0.3, 0.4) is 0 Å². The number of nitrogens with zero attached hydrogens (tertiary/aromatic N) is 1. The zero-order valence-corrected chi connectivity index (χ0v) is 10.4. The third kappa shape index (κ3) is 2.94. The summed E-state index contributed by atoms with van der Waals surface area (Å²) in [6.45, 7) is 9.73. The highest BCUT2D eigenvalue weighted by molar-refractivity contribution is 4.98. The van der Waals surface area contributed by atoms with Crippen molar-refractivity contribution in [1.29, 1.82) is 0 Å². The highest BCUT2D eigenvalue weighted by Gasteiger charge is 2.37. The molecule has 0 atom stereocenters. The van der Waals surface area contributed by atoms with E-state index in [1.807, 2.05) is 0 Å². The fourth-order valence-electron chi connectivity index (χ4n) is 3.06. The smallest absolute Gasteiger partial charge is 0.0309 e. The Morgan fingerprint density at radius 1 is 1.27 bits per heavy atom. The van der Waals surface area contributed by atoms with E-state index >= 15 is 0 Å². The van der Waals surface area contributed by atoms with Gasteiger partial charge < -0.3 is 10.2 Å². The van der Waals surface area contributed by atoms with Gasteiger partial charge in [-0.15, -0.1) is 0 Å². The summed E-state index contributed by atoms with van der Waals surface area (Å²) in [6, 6.07) is 0. The third-order valence-corrected chi connectivity index (χ3v) is 4.04. The highest BCUT2D eigenvalue weighted by Crippen LogP contribution is 2.31. The molecule has 2 aliphatic rings. The molecule has 0 radical (unpaired) electrons. The lowest BCUT2D eigenvalue weighted by Crippen LogP contribution is -2.59. The molecule has 1 saturated heterocycles. The second-order valence-electron chi connectivity index (χ2n) is 5.87. The monoisotopic (exact) mass is 210 g/mol. The number of piperazine rings is 1. The summed E-state index contributed by atoms with van der Waals surface area (Å²) in [6.07, 6.45) is 7.04. The maximum atomic E-state index is 3.77. The Kier molecular flexibility index (Phi) is 3.68. The maximum absolute atomic E-state index is 3.77. The lowest BCUT2D eigenvalue weighted by atomic mass is 9.94. The lowest BCUT2D eigenvalue weighted by molar-refractivity contribution is 0.130. The predicted molar refractivity (Wildman–Crippen MR) is 65.1 cm³/mol. The molecule has 0 unspecified atom stereocenters. The molecular weight excluding hydrogens is 184 g/mol. The van der Waals surface area contributed by atoms with Crippen molar-refractivity contribution in [1.82, 2.24) is 10.2 Å². The SMILES string of the molecule is CC(C)CCN1CCNC2(CCCC2)C1. The van der Waals surface area contributed by atoms with Gasteiger partial charge >= 0.3 is 0 Å². The average Bonchev–Trinajstić information content (AvgIpc) is 2.63. The summed E-state index contributed by atoms with van der Waals surface area (Å²) in [5, 5.41) is 3.77. The van der Waals surface area contributed by atoms with Crippen LogP contribution in [0.25, 0.3) is 0 Å². The molecule has 1 heterocycles. The zero-order chi connectivity index (χ0) is 10.7. The van der Waals surface area contributed by atoms with Crippen LogP contribution in [0.4, 0.5) is 0 Å². The first-order valence-electron chi connectivity index (χ1n) is 6.68. The van der Waals surface area contributed by atoms with E-state index in [9.17, 15) is 0 Å². The molecule has 0 bridgehead atoms. The van der Waals surface area contributed by atoms with Crippen LogP contribution < -0.4 is 5.32 Å². The number of nitrogens with one attached hydrogen (secondary N) is 1. The fraction of sp³-hybridized carbons (Fsp3) is 1.00. The van der Waals surface area contributed by atoms with Crippen molar-refractivity contribution in [2.45, 2.75) is 51.5 Å². The van der Waals surface area contributed by atoms with Crippen LogP contribution in [0.5, 0.6) is 0 Å². The summed E-state index contributed by atoms with van der Waals surface area (Å²) in [7, 11) is 0. The van der Waals surface area contributed by atoms with Gasteiger partial charge in [-0.25, -0.2) is 0 Å². The van der Waals surface area contributed by atoms with Gasteiger partial charge in [0, 0.05) is 25.2 Å². The van der Waals surface area contributed by atoms with Crippen LogP contribution in [0.15, 0.2) is 0 Å². The Hall–Kier alpha value is -0.0800. The Labute approximate surface area is 94.4 Å². The molecule has 1 N–H and O–H groups in total. The van der Waals surface area contributed by atoms with Gasteiger partial charge in [0.15, 0.2) is 0 Å². The van der Waals surface area contributed by atoms with Crippen LogP contribution in [0.2, 0.25) is 0 Å². The van der Waals surface area contributed by atoms with Crippen molar-refractivity contribution in [3.05, 3.63) is 0 Å². The molecule has 1 aliphatic carbocycles. The number of hydrogen-bond acceptors (Lipinski definition) is 2. The topological polar surface area (TPSA) is 15.3 Å². The maximum Gasteiger partial charge on any atom is 0.0309 e. The molecule has 0 amide bonds. The summed E-state index contributed by atoms with van der Waals surface area (Å²) in [5.74, 6) is 0.847. The zero-order valence-electron chi connectivity index (χ0n) is 10.4. The van der Waals surface area contributed by atoms with Crippen molar-refractivity contribution in [2.24, 2.45) is 5.92 Å². The minimum absolute atomic E-state index is 0.509. The van der Waals surface area contributed by atoms with Crippen molar-refractivity contribution in [2.75, 3.05) is 26.2 Å². The first-order valence-corrected chi connectivity index (χ1v) is 6.68. The molecule has 1 aliphatic heterocycles. The summed E-state index contributed by atoms with van der Waals surface area (Å²) >= 11 is 0. The van der Waals surface area contributed by atoms with Crippen molar-refractivity contribution in [3.8, 4) is 0 Å². The van der Waals surface area contributed by atoms with Crippen LogP contribution >= 0.6 is 0 Å². The van der Waals surface area contributed by atoms with Crippen molar-refractivity contribution >= 4 is 0 Å². The van der Waals surface area contributed by atoms with Gasteiger partial charge in [0.2, 0.25) is 0 Å². The van der Waals surface area contributed by atoms with Gasteiger partial charge in [-0.1, -0.05) is 26.7 Å². The molecule has 2 rings (SSSR count). The number of hydrogen-bond donors (Lipinski definition) is 1. The van der Waals surface area contributed by atoms with E-state index < -0.39 is 0 Å². The molecule has 15 heavy (non-hydrogen) atoms. The second kappa shape index (κ2) is 4.84. The van der Waals surface area contributed by atoms with Crippen LogP contribution in [-0.4, -0.2) is 36.6 Å². The second-order valence-corrected chi connectivity index (χ2v) is 5.87. The van der Waals surface area contributed by atoms with Crippen LogP contribution in [0.1, 0.15) is 46.0 Å². The first-order chi connectivity index (χ1) is 7.20. The molecule has 0 aromatic rings. The van der Waals surface area contributed by atoms with Gasteiger partial charge in [0.05, 0.1) is 0 Å². The van der Waals surface area contributed by atoms with Gasteiger partial charge in [-0.05, 0) is 31.7 Å². The van der Waals surface area contributed by atoms with E-state index in [-0.39, 0.29) is 0 Å². The average molecular weight is 210 g/mol. The van der Waals surface area contributed by atoms with Crippen molar-refractivity contribution < 1.29 is 0 Å². The molecule has 88 valence electrons. The standard InChI is InChI=1S/C13H26N2/c1-12(2)5-9-15-10-8-14-13(11-15)6-3-4-7-13/h12,14H,3-11H2,1-2H3. The fourth-order valence-corrected chi connectivity index (χ4v) is 3.06. The van der Waals surface area contributed by atoms with Crippen LogP contribution in [0, 0.1) is 5.92 Å². The molecule has 2 fully saturated rings. The van der Waals surface area contributed by atoms with E-state index in [4.69, 9.17) is 0 Å². The molecule has 2 heteroatoms. The van der Waals surface area contributed by atoms with Crippen LogP contribution in [-0.2, 0) is 0 Å². The van der Waals surface area contributed by atoms with E-state index in [1.54, 1.807) is 0 Å². The quantitative estimate of drug-likeness (QED) is 0.768. The van der Waals surface area contributed by atoms with E-state index in [0.29, 0.717) is 5.54 Å². The molecule has 1 spiro atoms. The summed E-state index contributed by atoms with van der Waals surface area (Å²) < 4.78 is 0. The third-order valence-electron chi connectivity index (χ3n) is 4.04. The molecule has 0 aromatic carbocycles. The summed E-state index contributed by atoms with van der Waals surface area (Å²) in [5.41, 5.74) is 0.509. The van der Waals surface area contributed by atoms with E-state index in [2.05, 4.69) is 24.1 Å². The minimum atomic E-state index is 0.509. The lowest BCUT2D eigenvalue weighted by Gasteiger charge is -2.41. The molecule has 0 aromatic heterocycles. The first kappa shape index (κ1) is 11.4. The Balaban J connectivity index is 1.81. The van der Waals surface area contributed by atoms with E-state index in [1.165, 1.54) is 58.3 Å². The van der Waals surface area contributed by atoms with Gasteiger partial charge in [-0.3, -0.25) is 0 Å². The Bertz CT molecular complexity index is 195. The molecule has 1 saturated carbocycles.